The molecule has 1 amide bonds. The van der Waals surface area contributed by atoms with Gasteiger partial charge in [-0.05, 0) is 17.4 Å². The number of rotatable bonds is 5. The quantitative estimate of drug-likeness (QED) is 0.896. The number of amides is 1. The molecule has 2 heterocycles. The van der Waals surface area contributed by atoms with Crippen LogP contribution in [0, 0.1) is 5.92 Å². The molecule has 0 aromatic carbocycles. The van der Waals surface area contributed by atoms with Crippen LogP contribution in [0.4, 0.5) is 0 Å². The van der Waals surface area contributed by atoms with Gasteiger partial charge in [-0.3, -0.25) is 9.69 Å². The van der Waals surface area contributed by atoms with E-state index < -0.39 is 0 Å². The Morgan fingerprint density at radius 1 is 1.63 bits per heavy atom. The van der Waals surface area contributed by atoms with Gasteiger partial charge in [0.1, 0.15) is 0 Å². The Bertz CT molecular complexity index is 392. The molecule has 1 aliphatic rings. The third-order valence-corrected chi connectivity index (χ3v) is 3.95. The van der Waals surface area contributed by atoms with Gasteiger partial charge in [0.25, 0.3) is 5.91 Å². The van der Waals surface area contributed by atoms with Crippen molar-refractivity contribution in [2.45, 2.75) is 20.0 Å². The number of carbonyl (C=O) groups is 1. The lowest BCUT2D eigenvalue weighted by Crippen LogP contribution is -2.48. The second kappa shape index (κ2) is 7.03. The fourth-order valence-electron chi connectivity index (χ4n) is 2.29. The molecule has 1 fully saturated rings. The summed E-state index contributed by atoms with van der Waals surface area (Å²) < 4.78 is 5.70. The SMILES string of the molecule is CC(C)CN1CCOC(CNC(=O)c2cccs2)C1. The van der Waals surface area contributed by atoms with Crippen molar-refractivity contribution in [3.63, 3.8) is 0 Å². The van der Waals surface area contributed by atoms with Crippen LogP contribution in [-0.4, -0.2) is 49.7 Å². The van der Waals surface area contributed by atoms with Crippen LogP contribution in [0.2, 0.25) is 0 Å². The van der Waals surface area contributed by atoms with E-state index in [1.807, 2.05) is 17.5 Å². The monoisotopic (exact) mass is 282 g/mol. The first-order valence-electron chi connectivity index (χ1n) is 6.81. The van der Waals surface area contributed by atoms with Crippen LogP contribution < -0.4 is 5.32 Å². The Morgan fingerprint density at radius 2 is 2.47 bits per heavy atom. The van der Waals surface area contributed by atoms with Crippen molar-refractivity contribution in [1.82, 2.24) is 10.2 Å². The topological polar surface area (TPSA) is 41.6 Å². The van der Waals surface area contributed by atoms with E-state index in [9.17, 15) is 4.79 Å². The summed E-state index contributed by atoms with van der Waals surface area (Å²) in [5.41, 5.74) is 0. The van der Waals surface area contributed by atoms with Crippen LogP contribution in [0.25, 0.3) is 0 Å². The molecule has 2 rings (SSSR count). The molecule has 1 atom stereocenters. The van der Waals surface area contributed by atoms with Crippen LogP contribution in [0.5, 0.6) is 0 Å². The van der Waals surface area contributed by atoms with Crippen LogP contribution in [-0.2, 0) is 4.74 Å². The van der Waals surface area contributed by atoms with Gasteiger partial charge in [0.05, 0.1) is 17.6 Å². The molecule has 1 saturated heterocycles. The molecule has 0 saturated carbocycles. The van der Waals surface area contributed by atoms with Crippen LogP contribution in [0.15, 0.2) is 17.5 Å². The molecule has 1 N–H and O–H groups in total. The van der Waals surface area contributed by atoms with Crippen LogP contribution in [0.1, 0.15) is 23.5 Å². The van der Waals surface area contributed by atoms with Crippen molar-refractivity contribution in [1.29, 1.82) is 0 Å². The molecule has 106 valence electrons. The normalized spacial score (nSPS) is 20.7. The summed E-state index contributed by atoms with van der Waals surface area (Å²) in [6.45, 7) is 8.79. The fourth-order valence-corrected chi connectivity index (χ4v) is 2.93. The molecular formula is C14H22N2O2S. The van der Waals surface area contributed by atoms with Crippen molar-refractivity contribution in [2.24, 2.45) is 5.92 Å². The summed E-state index contributed by atoms with van der Waals surface area (Å²) in [5, 5.41) is 4.86. The van der Waals surface area contributed by atoms with E-state index >= 15 is 0 Å². The number of nitrogens with zero attached hydrogens (tertiary/aromatic N) is 1. The lowest BCUT2D eigenvalue weighted by atomic mass is 10.2. The summed E-state index contributed by atoms with van der Waals surface area (Å²) in [6, 6.07) is 3.73. The van der Waals surface area contributed by atoms with Gasteiger partial charge in [-0.15, -0.1) is 11.3 Å². The predicted octanol–water partition coefficient (Wildman–Crippen LogP) is 1.83. The molecule has 1 aliphatic heterocycles. The second-order valence-electron chi connectivity index (χ2n) is 5.33. The summed E-state index contributed by atoms with van der Waals surface area (Å²) in [5.74, 6) is 0.666. The van der Waals surface area contributed by atoms with E-state index in [0.717, 1.165) is 31.1 Å². The van der Waals surface area contributed by atoms with Crippen molar-refractivity contribution in [2.75, 3.05) is 32.8 Å². The van der Waals surface area contributed by atoms with E-state index in [1.54, 1.807) is 0 Å². The standard InChI is InChI=1S/C14H22N2O2S/c1-11(2)9-16-5-6-18-12(10-16)8-15-14(17)13-4-3-7-19-13/h3-4,7,11-12H,5-6,8-10H2,1-2H3,(H,15,17). The van der Waals surface area contributed by atoms with Crippen molar-refractivity contribution in [3.05, 3.63) is 22.4 Å². The zero-order chi connectivity index (χ0) is 13.7. The lowest BCUT2D eigenvalue weighted by Gasteiger charge is -2.33. The first-order valence-corrected chi connectivity index (χ1v) is 7.69. The fraction of sp³-hybridized carbons (Fsp3) is 0.643. The van der Waals surface area contributed by atoms with Crippen LogP contribution >= 0.6 is 11.3 Å². The zero-order valence-corrected chi connectivity index (χ0v) is 12.4. The minimum atomic E-state index is -0.000386. The maximum Gasteiger partial charge on any atom is 0.261 e. The molecule has 4 nitrogen and oxygen atoms in total. The average Bonchev–Trinajstić information content (AvgIpc) is 2.89. The van der Waals surface area contributed by atoms with Gasteiger partial charge in [0, 0.05) is 26.2 Å². The Kier molecular flexibility index (Phi) is 5.36. The van der Waals surface area contributed by atoms with Gasteiger partial charge in [-0.2, -0.15) is 0 Å². The Labute approximate surface area is 118 Å². The lowest BCUT2D eigenvalue weighted by molar-refractivity contribution is -0.0295. The van der Waals surface area contributed by atoms with Gasteiger partial charge in [0.2, 0.25) is 0 Å². The van der Waals surface area contributed by atoms with E-state index in [4.69, 9.17) is 4.74 Å². The highest BCUT2D eigenvalue weighted by Crippen LogP contribution is 2.10. The molecule has 1 unspecified atom stereocenters. The van der Waals surface area contributed by atoms with Crippen LogP contribution in [0.3, 0.4) is 0 Å². The number of hydrogen-bond acceptors (Lipinski definition) is 4. The molecule has 0 spiro atoms. The Hall–Kier alpha value is -0.910. The molecule has 0 bridgehead atoms. The van der Waals surface area contributed by atoms with Gasteiger partial charge in [-0.1, -0.05) is 19.9 Å². The van der Waals surface area contributed by atoms with Crippen molar-refractivity contribution in [3.8, 4) is 0 Å². The van der Waals surface area contributed by atoms with Crippen molar-refractivity contribution < 1.29 is 9.53 Å². The Morgan fingerprint density at radius 3 is 3.16 bits per heavy atom. The van der Waals surface area contributed by atoms with Gasteiger partial charge < -0.3 is 10.1 Å². The molecule has 5 heteroatoms. The minimum absolute atomic E-state index is 0.000386. The van der Waals surface area contributed by atoms with Gasteiger partial charge in [0.15, 0.2) is 0 Å². The van der Waals surface area contributed by atoms with E-state index in [-0.39, 0.29) is 12.0 Å². The maximum atomic E-state index is 11.8. The molecule has 0 radical (unpaired) electrons. The number of thiophene rings is 1. The summed E-state index contributed by atoms with van der Waals surface area (Å²) in [7, 11) is 0. The van der Waals surface area contributed by atoms with E-state index in [2.05, 4.69) is 24.1 Å². The first kappa shape index (κ1) is 14.5. The first-order chi connectivity index (χ1) is 9.15. The third kappa shape index (κ3) is 4.60. The summed E-state index contributed by atoms with van der Waals surface area (Å²) >= 11 is 1.46. The molecule has 1 aromatic rings. The Balaban J connectivity index is 1.75. The van der Waals surface area contributed by atoms with E-state index in [1.165, 1.54) is 11.3 Å². The second-order valence-corrected chi connectivity index (χ2v) is 6.28. The summed E-state index contributed by atoms with van der Waals surface area (Å²) in [6.07, 6.45) is 0.108. The zero-order valence-electron chi connectivity index (χ0n) is 11.6. The smallest absolute Gasteiger partial charge is 0.261 e. The number of hydrogen-bond donors (Lipinski definition) is 1. The summed E-state index contributed by atoms with van der Waals surface area (Å²) in [4.78, 5) is 15.0. The average molecular weight is 282 g/mol. The highest BCUT2D eigenvalue weighted by Gasteiger charge is 2.21. The predicted molar refractivity (Wildman–Crippen MR) is 77.7 cm³/mol. The number of nitrogens with one attached hydrogen (secondary N) is 1. The molecule has 19 heavy (non-hydrogen) atoms. The van der Waals surface area contributed by atoms with Gasteiger partial charge >= 0.3 is 0 Å². The maximum absolute atomic E-state index is 11.8. The van der Waals surface area contributed by atoms with Crippen molar-refractivity contribution >= 4 is 17.2 Å². The molecular weight excluding hydrogens is 260 g/mol. The number of morpholine rings is 1. The number of ether oxygens (including phenoxy) is 1. The minimum Gasteiger partial charge on any atom is -0.374 e. The number of carbonyl (C=O) groups excluding carboxylic acids is 1. The van der Waals surface area contributed by atoms with E-state index in [0.29, 0.717) is 12.5 Å². The largest absolute Gasteiger partial charge is 0.374 e. The molecule has 0 aliphatic carbocycles. The van der Waals surface area contributed by atoms with Gasteiger partial charge in [-0.25, -0.2) is 0 Å². The molecule has 1 aromatic heterocycles. The highest BCUT2D eigenvalue weighted by atomic mass is 32.1. The highest BCUT2D eigenvalue weighted by molar-refractivity contribution is 7.12. The third-order valence-electron chi connectivity index (χ3n) is 3.08.